The Morgan fingerprint density at radius 3 is 2.25 bits per heavy atom. The van der Waals surface area contributed by atoms with Crippen molar-refractivity contribution in [1.82, 2.24) is 0 Å². The predicted molar refractivity (Wildman–Crippen MR) is 43.1 cm³/mol. The normalized spacial score (nSPS) is 8.83. The SMILES string of the molecule is [CH2-]OCc1ccc(OC)cc1.[Y]. The topological polar surface area (TPSA) is 18.5 Å². The van der Waals surface area contributed by atoms with Crippen LogP contribution in [-0.4, -0.2) is 7.11 Å². The van der Waals surface area contributed by atoms with Gasteiger partial charge in [0, 0.05) is 39.3 Å². The third-order valence-corrected chi connectivity index (χ3v) is 1.43. The summed E-state index contributed by atoms with van der Waals surface area (Å²) in [5.74, 6) is 0.859. The number of benzene rings is 1. The Bertz CT molecular complexity index is 208. The van der Waals surface area contributed by atoms with E-state index in [1.165, 1.54) is 0 Å². The summed E-state index contributed by atoms with van der Waals surface area (Å²) >= 11 is 0. The van der Waals surface area contributed by atoms with Gasteiger partial charge in [-0.2, -0.15) is 0 Å². The molecule has 1 radical (unpaired) electrons. The fourth-order valence-electron chi connectivity index (χ4n) is 0.840. The summed E-state index contributed by atoms with van der Waals surface area (Å²) in [4.78, 5) is 0. The molecule has 0 aliphatic heterocycles. The number of methoxy groups -OCH3 is 1. The van der Waals surface area contributed by atoms with Crippen molar-refractivity contribution in [2.75, 3.05) is 7.11 Å². The van der Waals surface area contributed by atoms with Crippen LogP contribution in [0.25, 0.3) is 0 Å². The molecule has 0 saturated heterocycles. The molecule has 0 aliphatic carbocycles. The van der Waals surface area contributed by atoms with E-state index >= 15 is 0 Å². The Morgan fingerprint density at radius 2 is 1.83 bits per heavy atom. The van der Waals surface area contributed by atoms with Crippen molar-refractivity contribution in [1.29, 1.82) is 0 Å². The number of hydrogen-bond acceptors (Lipinski definition) is 2. The minimum Gasteiger partial charge on any atom is -0.552 e. The molecule has 1 aromatic carbocycles. The summed E-state index contributed by atoms with van der Waals surface area (Å²) in [6.45, 7) is 0.546. The first-order chi connectivity index (χ1) is 5.36. The molecule has 0 atom stereocenters. The second kappa shape index (κ2) is 6.58. The molecule has 0 bridgehead atoms. The van der Waals surface area contributed by atoms with Crippen molar-refractivity contribution in [3.05, 3.63) is 36.9 Å². The Morgan fingerprint density at radius 1 is 1.25 bits per heavy atom. The van der Waals surface area contributed by atoms with Crippen molar-refractivity contribution < 1.29 is 42.2 Å². The largest absolute Gasteiger partial charge is 0.552 e. The van der Waals surface area contributed by atoms with E-state index in [-0.39, 0.29) is 32.7 Å². The van der Waals surface area contributed by atoms with Gasteiger partial charge >= 0.3 is 0 Å². The molecule has 3 heteroatoms. The molecular weight excluding hydrogens is 229 g/mol. The number of ether oxygens (including phenoxy) is 2. The van der Waals surface area contributed by atoms with Crippen LogP contribution in [0, 0.1) is 7.11 Å². The van der Waals surface area contributed by atoms with E-state index < -0.39 is 0 Å². The van der Waals surface area contributed by atoms with Gasteiger partial charge < -0.3 is 9.47 Å². The second-order valence-corrected chi connectivity index (χ2v) is 2.20. The number of hydrogen-bond donors (Lipinski definition) is 0. The molecule has 2 nitrogen and oxygen atoms in total. The van der Waals surface area contributed by atoms with Crippen LogP contribution in [0.4, 0.5) is 0 Å². The average Bonchev–Trinajstić information content (AvgIpc) is 2.07. The second-order valence-electron chi connectivity index (χ2n) is 2.20. The third-order valence-electron chi connectivity index (χ3n) is 1.43. The summed E-state index contributed by atoms with van der Waals surface area (Å²) in [6.07, 6.45) is 0. The monoisotopic (exact) mass is 240 g/mol. The molecule has 0 amide bonds. The van der Waals surface area contributed by atoms with Crippen LogP contribution in [0.15, 0.2) is 24.3 Å². The average molecular weight is 240 g/mol. The minimum absolute atomic E-state index is 0. The molecule has 12 heavy (non-hydrogen) atoms. The van der Waals surface area contributed by atoms with E-state index in [1.807, 2.05) is 24.3 Å². The molecular formula is C9H11O2Y-. The van der Waals surface area contributed by atoms with Gasteiger partial charge in [-0.15, -0.1) is 0 Å². The van der Waals surface area contributed by atoms with Crippen LogP contribution in [0.5, 0.6) is 5.75 Å². The van der Waals surface area contributed by atoms with Crippen LogP contribution in [0.3, 0.4) is 0 Å². The van der Waals surface area contributed by atoms with Gasteiger partial charge in [0.2, 0.25) is 0 Å². The van der Waals surface area contributed by atoms with Crippen LogP contribution < -0.4 is 4.74 Å². The van der Waals surface area contributed by atoms with Crippen LogP contribution in [-0.2, 0) is 44.1 Å². The van der Waals surface area contributed by atoms with Crippen molar-refractivity contribution in [2.45, 2.75) is 6.61 Å². The van der Waals surface area contributed by atoms with Crippen LogP contribution in [0.2, 0.25) is 0 Å². The molecule has 0 saturated carbocycles. The van der Waals surface area contributed by atoms with Crippen molar-refractivity contribution >= 4 is 0 Å². The predicted octanol–water partition coefficient (Wildman–Crippen LogP) is 2.00. The maximum atomic E-state index is 4.99. The quantitative estimate of drug-likeness (QED) is 0.752. The standard InChI is InChI=1S/C9H11O2.Y/c1-10-7-8-3-5-9(11-2)6-4-8;/h3-6H,1,7H2,2H3;/q-1;. The zero-order valence-electron chi connectivity index (χ0n) is 7.12. The van der Waals surface area contributed by atoms with Crippen molar-refractivity contribution in [2.24, 2.45) is 0 Å². The van der Waals surface area contributed by atoms with Crippen LogP contribution in [0.1, 0.15) is 5.56 Å². The maximum Gasteiger partial charge on any atom is 0.118 e. The molecule has 0 unspecified atom stereocenters. The summed E-state index contributed by atoms with van der Waals surface area (Å²) in [7, 11) is 4.94. The van der Waals surface area contributed by atoms with Gasteiger partial charge in [0.05, 0.1) is 7.11 Å². The smallest absolute Gasteiger partial charge is 0.118 e. The molecule has 1 aromatic rings. The van der Waals surface area contributed by atoms with E-state index in [1.54, 1.807) is 7.11 Å². The van der Waals surface area contributed by atoms with Crippen LogP contribution >= 0.6 is 0 Å². The molecule has 0 fully saturated rings. The van der Waals surface area contributed by atoms with Gasteiger partial charge in [0.25, 0.3) is 0 Å². The van der Waals surface area contributed by atoms with E-state index in [0.29, 0.717) is 6.61 Å². The fraction of sp³-hybridized carbons (Fsp3) is 0.222. The molecule has 63 valence electrons. The summed E-state index contributed by atoms with van der Waals surface area (Å²) in [5.41, 5.74) is 1.10. The molecule has 0 aliphatic rings. The van der Waals surface area contributed by atoms with Gasteiger partial charge in [0.1, 0.15) is 5.75 Å². The Kier molecular flexibility index (Phi) is 6.63. The Labute approximate surface area is 98.1 Å². The van der Waals surface area contributed by atoms with Crippen molar-refractivity contribution in [3.8, 4) is 5.75 Å². The Balaban J connectivity index is 0.00000121. The Hall–Kier alpha value is 0.0839. The summed E-state index contributed by atoms with van der Waals surface area (Å²) in [5, 5.41) is 0. The van der Waals surface area contributed by atoms with Gasteiger partial charge in [-0.3, -0.25) is 0 Å². The van der Waals surface area contributed by atoms with E-state index in [9.17, 15) is 0 Å². The van der Waals surface area contributed by atoms with Gasteiger partial charge in [-0.05, 0) is 17.7 Å². The van der Waals surface area contributed by atoms with E-state index in [2.05, 4.69) is 7.11 Å². The number of rotatable bonds is 3. The van der Waals surface area contributed by atoms with Crippen molar-refractivity contribution in [3.63, 3.8) is 0 Å². The first kappa shape index (κ1) is 12.1. The fourth-order valence-corrected chi connectivity index (χ4v) is 0.840. The van der Waals surface area contributed by atoms with E-state index in [0.717, 1.165) is 11.3 Å². The molecule has 0 heterocycles. The summed E-state index contributed by atoms with van der Waals surface area (Å²) in [6, 6.07) is 7.69. The van der Waals surface area contributed by atoms with Gasteiger partial charge in [-0.1, -0.05) is 12.1 Å². The summed E-state index contributed by atoms with van der Waals surface area (Å²) < 4.78 is 9.70. The third kappa shape index (κ3) is 3.66. The van der Waals surface area contributed by atoms with E-state index in [4.69, 9.17) is 9.47 Å². The molecule has 1 rings (SSSR count). The van der Waals surface area contributed by atoms with Gasteiger partial charge in [-0.25, -0.2) is 7.11 Å². The maximum absolute atomic E-state index is 4.99. The zero-order chi connectivity index (χ0) is 8.10. The minimum atomic E-state index is 0. The zero-order valence-corrected chi connectivity index (χ0v) is 9.96. The first-order valence-electron chi connectivity index (χ1n) is 3.36. The molecule has 0 aromatic heterocycles. The molecule has 0 spiro atoms. The van der Waals surface area contributed by atoms with Gasteiger partial charge in [0.15, 0.2) is 0 Å². The first-order valence-corrected chi connectivity index (χ1v) is 3.36. The molecule has 0 N–H and O–H groups in total.